The molecule has 3 heterocycles. The number of amides is 1. The van der Waals surface area contributed by atoms with E-state index >= 15 is 0 Å². The number of nitrogens with zero attached hydrogens (tertiary/aromatic N) is 1. The van der Waals surface area contributed by atoms with Gasteiger partial charge in [0.05, 0.1) is 18.0 Å². The SMILES string of the molecule is COc1cccc([C@H](c2c(NC(=O)c3cccs3)sc(C)c2C)N2CCC(C)CC2)c1. The van der Waals surface area contributed by atoms with Crippen molar-refractivity contribution in [3.05, 3.63) is 68.2 Å². The van der Waals surface area contributed by atoms with Gasteiger partial charge in [-0.15, -0.1) is 22.7 Å². The van der Waals surface area contributed by atoms with Crippen molar-refractivity contribution in [3.63, 3.8) is 0 Å². The Hall–Kier alpha value is -2.15. The van der Waals surface area contributed by atoms with Crippen LogP contribution in [0.2, 0.25) is 0 Å². The number of hydrogen-bond donors (Lipinski definition) is 1. The highest BCUT2D eigenvalue weighted by Crippen LogP contribution is 2.44. The maximum atomic E-state index is 12.9. The van der Waals surface area contributed by atoms with E-state index in [1.165, 1.54) is 45.7 Å². The number of thiophene rings is 2. The predicted octanol–water partition coefficient (Wildman–Crippen LogP) is 6.51. The molecule has 0 unspecified atom stereocenters. The second-order valence-electron chi connectivity index (χ2n) is 8.36. The maximum absolute atomic E-state index is 12.9. The summed E-state index contributed by atoms with van der Waals surface area (Å²) in [6.07, 6.45) is 2.39. The van der Waals surface area contributed by atoms with E-state index in [1.54, 1.807) is 18.4 Å². The molecular weight excluding hydrogens is 424 g/mol. The highest BCUT2D eigenvalue weighted by atomic mass is 32.1. The van der Waals surface area contributed by atoms with Crippen molar-refractivity contribution in [2.75, 3.05) is 25.5 Å². The lowest BCUT2D eigenvalue weighted by Gasteiger charge is -2.38. The largest absolute Gasteiger partial charge is 0.497 e. The van der Waals surface area contributed by atoms with Gasteiger partial charge in [0.1, 0.15) is 10.8 Å². The molecule has 1 aliphatic rings. The molecule has 1 N–H and O–H groups in total. The minimum atomic E-state index is -0.0332. The van der Waals surface area contributed by atoms with Gasteiger partial charge in [-0.05, 0) is 80.4 Å². The van der Waals surface area contributed by atoms with Gasteiger partial charge in [0.25, 0.3) is 5.91 Å². The summed E-state index contributed by atoms with van der Waals surface area (Å²) in [5.41, 5.74) is 3.69. The molecule has 4 rings (SSSR count). The Bertz CT molecular complexity index is 1030. The van der Waals surface area contributed by atoms with Crippen LogP contribution in [-0.4, -0.2) is 31.0 Å². The lowest BCUT2D eigenvalue weighted by molar-refractivity contribution is 0.103. The first-order chi connectivity index (χ1) is 15.0. The molecule has 1 aromatic carbocycles. The third kappa shape index (κ3) is 4.71. The number of methoxy groups -OCH3 is 1. The van der Waals surface area contributed by atoms with Crippen molar-refractivity contribution in [2.45, 2.75) is 39.7 Å². The van der Waals surface area contributed by atoms with Crippen LogP contribution < -0.4 is 10.1 Å². The second-order valence-corrected chi connectivity index (χ2v) is 10.5. The number of benzene rings is 1. The standard InChI is InChI=1S/C25H30N2O2S2/c1-16-10-12-27(13-11-16)23(19-7-5-8-20(15-19)29-4)22-17(2)18(3)31-25(22)26-24(28)21-9-6-14-30-21/h5-9,14-16,23H,10-13H2,1-4H3,(H,26,28)/t23-/m1/s1. The Morgan fingerprint density at radius 3 is 2.65 bits per heavy atom. The minimum absolute atomic E-state index is 0.0332. The van der Waals surface area contributed by atoms with Crippen LogP contribution in [0, 0.1) is 19.8 Å². The molecule has 1 aliphatic heterocycles. The molecule has 1 fully saturated rings. The lowest BCUT2D eigenvalue weighted by Crippen LogP contribution is -2.37. The van der Waals surface area contributed by atoms with E-state index in [4.69, 9.17) is 4.74 Å². The molecule has 1 amide bonds. The van der Waals surface area contributed by atoms with Gasteiger partial charge < -0.3 is 10.1 Å². The summed E-state index contributed by atoms with van der Waals surface area (Å²) < 4.78 is 5.54. The van der Waals surface area contributed by atoms with E-state index in [-0.39, 0.29) is 11.9 Å². The number of carbonyl (C=O) groups is 1. The molecular formula is C25H30N2O2S2. The number of likely N-dealkylation sites (tertiary alicyclic amines) is 1. The van der Waals surface area contributed by atoms with Gasteiger partial charge in [0.2, 0.25) is 0 Å². The van der Waals surface area contributed by atoms with Crippen LogP contribution in [0.15, 0.2) is 41.8 Å². The molecule has 0 saturated carbocycles. The summed E-state index contributed by atoms with van der Waals surface area (Å²) in [6.45, 7) is 8.77. The molecule has 0 radical (unpaired) electrons. The third-order valence-electron chi connectivity index (χ3n) is 6.27. The minimum Gasteiger partial charge on any atom is -0.497 e. The molecule has 0 spiro atoms. The fraction of sp³-hybridized carbons (Fsp3) is 0.400. The molecule has 31 heavy (non-hydrogen) atoms. The molecule has 1 saturated heterocycles. The molecule has 6 heteroatoms. The van der Waals surface area contributed by atoms with E-state index < -0.39 is 0 Å². The van der Waals surface area contributed by atoms with Gasteiger partial charge >= 0.3 is 0 Å². The van der Waals surface area contributed by atoms with Crippen LogP contribution in [0.5, 0.6) is 5.75 Å². The van der Waals surface area contributed by atoms with Gasteiger partial charge in [0.15, 0.2) is 0 Å². The molecule has 0 bridgehead atoms. The third-order valence-corrected chi connectivity index (χ3v) is 8.28. The van der Waals surface area contributed by atoms with E-state index in [9.17, 15) is 4.79 Å². The molecule has 4 nitrogen and oxygen atoms in total. The summed E-state index contributed by atoms with van der Waals surface area (Å²) in [4.78, 5) is 17.5. The van der Waals surface area contributed by atoms with Crippen LogP contribution in [0.1, 0.15) is 57.0 Å². The van der Waals surface area contributed by atoms with Crippen molar-refractivity contribution in [1.82, 2.24) is 4.90 Å². The molecule has 3 aromatic rings. The normalized spacial score (nSPS) is 16.3. The van der Waals surface area contributed by atoms with E-state index in [0.29, 0.717) is 0 Å². The zero-order valence-electron chi connectivity index (χ0n) is 18.6. The van der Waals surface area contributed by atoms with Crippen LogP contribution in [0.3, 0.4) is 0 Å². The Morgan fingerprint density at radius 2 is 1.97 bits per heavy atom. The maximum Gasteiger partial charge on any atom is 0.266 e. The highest BCUT2D eigenvalue weighted by Gasteiger charge is 2.31. The Balaban J connectivity index is 1.78. The fourth-order valence-electron chi connectivity index (χ4n) is 4.30. The van der Waals surface area contributed by atoms with Crippen molar-refractivity contribution in [3.8, 4) is 5.75 Å². The summed E-state index contributed by atoms with van der Waals surface area (Å²) in [6, 6.07) is 12.3. The fourth-order valence-corrected chi connectivity index (χ4v) is 6.00. The first kappa shape index (κ1) is 22.1. The second kappa shape index (κ2) is 9.55. The van der Waals surface area contributed by atoms with Gasteiger partial charge in [0, 0.05) is 10.4 Å². The van der Waals surface area contributed by atoms with Gasteiger partial charge in [-0.1, -0.05) is 25.1 Å². The number of aryl methyl sites for hydroxylation is 1. The van der Waals surface area contributed by atoms with E-state index in [0.717, 1.165) is 34.6 Å². The summed E-state index contributed by atoms with van der Waals surface area (Å²) in [5.74, 6) is 1.58. The highest BCUT2D eigenvalue weighted by molar-refractivity contribution is 7.17. The average molecular weight is 455 g/mol. The average Bonchev–Trinajstić information content (AvgIpc) is 3.40. The van der Waals surface area contributed by atoms with Gasteiger partial charge in [-0.3, -0.25) is 9.69 Å². The van der Waals surface area contributed by atoms with Crippen LogP contribution in [-0.2, 0) is 0 Å². The summed E-state index contributed by atoms with van der Waals surface area (Å²) >= 11 is 3.15. The number of hydrogen-bond acceptors (Lipinski definition) is 5. The molecule has 1 atom stereocenters. The number of nitrogens with one attached hydrogen (secondary N) is 1. The number of piperidine rings is 1. The van der Waals surface area contributed by atoms with Crippen molar-refractivity contribution >= 4 is 33.6 Å². The Morgan fingerprint density at radius 1 is 1.19 bits per heavy atom. The van der Waals surface area contributed by atoms with Crippen LogP contribution in [0.4, 0.5) is 5.00 Å². The van der Waals surface area contributed by atoms with Gasteiger partial charge in [-0.2, -0.15) is 0 Å². The summed E-state index contributed by atoms with van der Waals surface area (Å²) in [7, 11) is 1.71. The van der Waals surface area contributed by atoms with Crippen molar-refractivity contribution in [1.29, 1.82) is 0 Å². The first-order valence-electron chi connectivity index (χ1n) is 10.8. The number of ether oxygens (including phenoxy) is 1. The van der Waals surface area contributed by atoms with Crippen LogP contribution in [0.25, 0.3) is 0 Å². The number of anilines is 1. The predicted molar refractivity (Wildman–Crippen MR) is 131 cm³/mol. The topological polar surface area (TPSA) is 41.6 Å². The number of carbonyl (C=O) groups excluding carboxylic acids is 1. The molecule has 164 valence electrons. The summed E-state index contributed by atoms with van der Waals surface area (Å²) in [5, 5.41) is 6.13. The van der Waals surface area contributed by atoms with Crippen molar-refractivity contribution in [2.24, 2.45) is 5.92 Å². The van der Waals surface area contributed by atoms with Crippen LogP contribution >= 0.6 is 22.7 Å². The zero-order chi connectivity index (χ0) is 22.0. The smallest absolute Gasteiger partial charge is 0.266 e. The van der Waals surface area contributed by atoms with E-state index in [1.807, 2.05) is 23.6 Å². The van der Waals surface area contributed by atoms with E-state index in [2.05, 4.69) is 49.2 Å². The molecule has 0 aliphatic carbocycles. The Labute approximate surface area is 192 Å². The van der Waals surface area contributed by atoms with Gasteiger partial charge in [-0.25, -0.2) is 0 Å². The molecule has 2 aromatic heterocycles. The lowest BCUT2D eigenvalue weighted by atomic mass is 9.91. The monoisotopic (exact) mass is 454 g/mol. The quantitative estimate of drug-likeness (QED) is 0.462. The Kier molecular flexibility index (Phi) is 6.80. The van der Waals surface area contributed by atoms with Crippen molar-refractivity contribution < 1.29 is 9.53 Å². The number of rotatable bonds is 6. The zero-order valence-corrected chi connectivity index (χ0v) is 20.2. The first-order valence-corrected chi connectivity index (χ1v) is 12.5.